The van der Waals surface area contributed by atoms with Crippen molar-refractivity contribution in [2.75, 3.05) is 28.2 Å². The molecule has 19 heteroatoms. The minimum Gasteiger partial charge on any atom is -1.00 e. The molecule has 4 atom stereocenters. The topological polar surface area (TPSA) is 191 Å². The molecule has 5 N–H and O–H groups in total. The smallest absolute Gasteiger partial charge is 1.00 e. The molecule has 688 valence electrons. The molecule has 9 aliphatic carbocycles. The van der Waals surface area contributed by atoms with E-state index >= 15 is 0 Å². The number of allylic oxidation sites excluding steroid dienone is 6. The van der Waals surface area contributed by atoms with Crippen LogP contribution in [0, 0.1) is 72.8 Å². The number of alkyl halides is 1. The van der Waals surface area contributed by atoms with Crippen LogP contribution >= 0.6 is 65.6 Å². The van der Waals surface area contributed by atoms with E-state index in [1.165, 1.54) is 92.0 Å². The number of aliphatic imine (C=N–C) groups is 1. The molecule has 0 aromatic heterocycles. The predicted octanol–water partition coefficient (Wildman–Crippen LogP) is 22.4. The molecule has 9 aliphatic rings. The Labute approximate surface area is 822 Å². The molecule has 0 bridgehead atoms. The molecule has 12 nitrogen and oxygen atoms in total. The predicted molar refractivity (Wildman–Crippen MR) is 538 cm³/mol. The fourth-order valence-corrected chi connectivity index (χ4v) is 20.0. The minimum atomic E-state index is -0.694. The van der Waals surface area contributed by atoms with E-state index in [1.54, 1.807) is 19.2 Å². The van der Waals surface area contributed by atoms with Gasteiger partial charge in [0.05, 0.1) is 27.8 Å². The van der Waals surface area contributed by atoms with E-state index in [0.29, 0.717) is 54.2 Å². The summed E-state index contributed by atoms with van der Waals surface area (Å²) in [5.41, 5.74) is 16.3. The van der Waals surface area contributed by atoms with E-state index in [4.69, 9.17) is 0 Å². The summed E-state index contributed by atoms with van der Waals surface area (Å²) in [6.07, 6.45) is 45.8. The van der Waals surface area contributed by atoms with Gasteiger partial charge in [-0.05, 0) is 234 Å². The van der Waals surface area contributed by atoms with Gasteiger partial charge in [0.2, 0.25) is 6.29 Å². The summed E-state index contributed by atoms with van der Waals surface area (Å²) in [5, 5.41) is 30.6. The molecule has 16 rings (SSSR count). The number of aldehydes is 1. The maximum atomic E-state index is 12.3. The van der Waals surface area contributed by atoms with Crippen LogP contribution in [0.25, 0.3) is 0 Å². The molecular formula is C108H145Br2Cl4MgN4O8+. The van der Waals surface area contributed by atoms with Crippen LogP contribution < -0.4 is 32.9 Å². The quantitative estimate of drug-likeness (QED) is 0.0164. The second kappa shape index (κ2) is 59.5. The summed E-state index contributed by atoms with van der Waals surface area (Å²) < 4.78 is -0.279. The Hall–Kier alpha value is -5.95. The van der Waals surface area contributed by atoms with Gasteiger partial charge in [-0.2, -0.15) is 12.8 Å². The van der Waals surface area contributed by atoms with Gasteiger partial charge in [-0.3, -0.25) is 33.8 Å². The number of ketones is 5. The van der Waals surface area contributed by atoms with Crippen molar-refractivity contribution in [1.29, 1.82) is 0 Å². The van der Waals surface area contributed by atoms with Gasteiger partial charge in [0, 0.05) is 55.0 Å². The first kappa shape index (κ1) is 117. The van der Waals surface area contributed by atoms with Gasteiger partial charge in [-0.1, -0.05) is 269 Å². The first-order chi connectivity index (χ1) is 58.3. The summed E-state index contributed by atoms with van der Waals surface area (Å²) in [6.45, 7) is 16.3. The normalized spacial score (nSPS) is 20.7. The average Bonchev–Trinajstić information content (AvgIpc) is 1.14. The number of carbonyl (C=O) groups is 6. The Morgan fingerprint density at radius 3 is 1.15 bits per heavy atom. The third-order valence-electron chi connectivity index (χ3n) is 26.6. The first-order valence-corrected chi connectivity index (χ1v) is 46.1. The Bertz CT molecular complexity index is 4470. The molecule has 8 saturated carbocycles. The third-order valence-corrected chi connectivity index (χ3v) is 27.8. The van der Waals surface area contributed by atoms with Crippen molar-refractivity contribution in [3.05, 3.63) is 290 Å². The van der Waals surface area contributed by atoms with Crippen molar-refractivity contribution < 1.29 is 56.0 Å². The zero-order valence-corrected chi connectivity index (χ0v) is 85.7. The molecule has 8 fully saturated rings. The molecule has 0 radical (unpaired) electrons. The number of rotatable bonds is 15. The van der Waals surface area contributed by atoms with Crippen molar-refractivity contribution in [2.24, 2.45) is 16.8 Å². The zero-order chi connectivity index (χ0) is 87.4. The fourth-order valence-electron chi connectivity index (χ4n) is 19.2. The Balaban J connectivity index is 0.000000486. The van der Waals surface area contributed by atoms with Crippen LogP contribution in [-0.2, 0) is 35.8 Å². The molecule has 0 spiro atoms. The maximum Gasteiger partial charge on any atom is 2.00 e. The summed E-state index contributed by atoms with van der Waals surface area (Å²) in [7, 11) is 7.47. The molecule has 127 heavy (non-hydrogen) atoms. The fraction of sp³-hybridized carbons (Fsp3) is 0.481. The van der Waals surface area contributed by atoms with Crippen LogP contribution in [0.15, 0.2) is 204 Å². The molecule has 2 unspecified atom stereocenters. The van der Waals surface area contributed by atoms with Gasteiger partial charge in [0.1, 0.15) is 39.9 Å². The monoisotopic (exact) mass is 1950 g/mol. The number of hydrogen-bond donors (Lipinski definition) is 5. The molecule has 0 heterocycles. The number of halogens is 6. The van der Waals surface area contributed by atoms with Gasteiger partial charge in [0.25, 0.3) is 0 Å². The van der Waals surface area contributed by atoms with Crippen LogP contribution in [0.5, 0.6) is 0 Å². The second-order valence-electron chi connectivity index (χ2n) is 34.7. The van der Waals surface area contributed by atoms with Gasteiger partial charge < -0.3 is 49.6 Å². The minimum absolute atomic E-state index is 0. The van der Waals surface area contributed by atoms with Crippen LogP contribution in [-0.4, -0.2) is 112 Å². The number of carbonyl (C=O) groups excluding carboxylic acids is 6. The molecule has 0 aliphatic heterocycles. The van der Waals surface area contributed by atoms with E-state index in [9.17, 15) is 39.0 Å². The molecule has 7 aromatic rings. The van der Waals surface area contributed by atoms with E-state index in [2.05, 4.69) is 139 Å². The number of benzene rings is 7. The Kier molecular flexibility index (Phi) is 54.9. The number of likely N-dealkylation sites (N-methyl/N-ethyl adjacent to an activating group) is 3. The number of nitrogens with zero attached hydrogens (tertiary/aromatic N) is 1. The number of aliphatic hydroxyl groups excluding tert-OH is 1. The summed E-state index contributed by atoms with van der Waals surface area (Å²) in [6, 6.07) is 56.7. The SMILES string of the molecule is CC1=C(C=O)C=[C+]C=C1.CN=C(c1ccccc1C)C1(O)CCCC1.CNC1(c2ccccc2C)CCCCC1=O.CN[C@@]1(c2ccccc2C)CCCCC1=O.CN[C@]1(c2ccccc2C)CCCCC1=O.Cc1ccccc1C(=O)C1(Br)CCCC1.Cc1ccccc1C(=O)C1CCCC1.Cc1ccccc1C(O)C1CCCC1.Cl.Cl.Cl.Cl.[Br-].[CH-]1CCCC1.[Mg+2]. The molecule has 0 saturated heterocycles. The summed E-state index contributed by atoms with van der Waals surface area (Å²) >= 11 is 3.63. The van der Waals surface area contributed by atoms with Crippen LogP contribution in [0.1, 0.15) is 306 Å². The number of aliphatic hydroxyl groups is 2. The van der Waals surface area contributed by atoms with Crippen molar-refractivity contribution >= 4 is 130 Å². The van der Waals surface area contributed by atoms with E-state index < -0.39 is 22.2 Å². The van der Waals surface area contributed by atoms with Gasteiger partial charge in [-0.15, -0.1) is 49.6 Å². The maximum absolute atomic E-state index is 12.3. The number of Topliss-reactive ketones (excluding diaryl/α,β-unsaturated/α-hetero) is 5. The van der Waals surface area contributed by atoms with Crippen molar-refractivity contribution in [3.63, 3.8) is 0 Å². The molecule has 7 aromatic carbocycles. The average molecular weight is 1950 g/mol. The van der Waals surface area contributed by atoms with Gasteiger partial charge in [-0.25, -0.2) is 0 Å². The van der Waals surface area contributed by atoms with E-state index in [-0.39, 0.29) is 106 Å². The third kappa shape index (κ3) is 32.2. The van der Waals surface area contributed by atoms with Crippen LogP contribution in [0.3, 0.4) is 0 Å². The summed E-state index contributed by atoms with van der Waals surface area (Å²) in [5.74, 6) is 2.45. The molecule has 0 amide bonds. The van der Waals surface area contributed by atoms with Crippen LogP contribution in [0.2, 0.25) is 0 Å². The largest absolute Gasteiger partial charge is 2.00 e. The van der Waals surface area contributed by atoms with Gasteiger partial charge >= 0.3 is 23.1 Å². The van der Waals surface area contributed by atoms with E-state index in [0.717, 1.165) is 195 Å². The standard InChI is InChI=1S/4C14H19NO.C13H15BrO.C13H18O.C13H16O.C8H7O.C5H9.BrH.4ClH.Mg/c1-11-7-3-4-8-12(11)13(15-2)14(16)9-5-6-10-14;3*1-11-7-3-4-8-12(11)14(15-2)10-6-5-9-13(14)16;1-10-6-2-3-7-11(10)12(15)13(14)8-4-5-9-13;2*1-10-6-2-5-9-12(10)13(14)11-7-3-4-8-11;1-7-4-2-3-5-8(7)6-9;1-2-4-5-3-1;;;;;;/h3-4,7-8,16H,5-6,9-10H2,1-2H3;3*3-4,7-8,15H,5-6,9-10H2,1-2H3;2-3,6-7H,4-5,8-9H2,1H3;2,5-6,9,11,13-14H,3-4,7-8H2,1H3;2,5-6,9,11H,3-4,7-8H2,1H3;2,4-6H,1H3;1H,2-5H2;5*1H;/q;;;;;;;+1;-1;;;;;;+2/p-1/t;2*14-;;;;;;;;;;;;/m.10............/s1. The number of hydrogen-bond acceptors (Lipinski definition) is 12. The zero-order valence-electron chi connectivity index (χ0n) is 77.8. The van der Waals surface area contributed by atoms with Crippen LogP contribution in [0.4, 0.5) is 0 Å². The Morgan fingerprint density at radius 1 is 0.465 bits per heavy atom. The van der Waals surface area contributed by atoms with Gasteiger partial charge in [0.15, 0.2) is 28.9 Å². The Morgan fingerprint density at radius 2 is 0.811 bits per heavy atom. The van der Waals surface area contributed by atoms with Crippen molar-refractivity contribution in [1.82, 2.24) is 16.0 Å². The summed E-state index contributed by atoms with van der Waals surface area (Å²) in [4.78, 5) is 75.7. The second-order valence-corrected chi connectivity index (χ2v) is 36.2. The van der Waals surface area contributed by atoms with Crippen molar-refractivity contribution in [3.8, 4) is 0 Å². The number of aryl methyl sites for hydroxylation is 7. The number of nitrogens with one attached hydrogen (secondary N) is 3. The first-order valence-electron chi connectivity index (χ1n) is 45.3. The molecular weight excluding hydrogens is 1810 g/mol. The van der Waals surface area contributed by atoms with Crippen molar-refractivity contribution in [2.45, 2.75) is 294 Å². The van der Waals surface area contributed by atoms with E-state index in [1.807, 2.05) is 163 Å².